The third kappa shape index (κ3) is 4.21. The molecule has 0 unspecified atom stereocenters. The van der Waals surface area contributed by atoms with Gasteiger partial charge in [0.1, 0.15) is 5.82 Å². The molecule has 0 spiro atoms. The Labute approximate surface area is 114 Å². The summed E-state index contributed by atoms with van der Waals surface area (Å²) < 4.78 is 4.03. The van der Waals surface area contributed by atoms with Gasteiger partial charge in [0.2, 0.25) is 0 Å². The normalized spacial score (nSPS) is 12.0. The van der Waals surface area contributed by atoms with E-state index in [2.05, 4.69) is 42.2 Å². The summed E-state index contributed by atoms with van der Waals surface area (Å²) >= 11 is 0. The van der Waals surface area contributed by atoms with Crippen molar-refractivity contribution in [1.82, 2.24) is 24.6 Å². The molecule has 0 bridgehead atoms. The van der Waals surface area contributed by atoms with Crippen molar-refractivity contribution in [2.24, 2.45) is 7.05 Å². The van der Waals surface area contributed by atoms with Crippen molar-refractivity contribution in [3.05, 3.63) is 36.2 Å². The van der Waals surface area contributed by atoms with Crippen molar-refractivity contribution >= 4 is 0 Å². The zero-order chi connectivity index (χ0) is 13.9. The number of imidazole rings is 1. The number of hydrogen-bond donors (Lipinski definition) is 1. The number of aromatic nitrogens is 4. The maximum absolute atomic E-state index is 4.56. The molecule has 0 saturated carbocycles. The van der Waals surface area contributed by atoms with Gasteiger partial charge in [-0.05, 0) is 26.8 Å². The van der Waals surface area contributed by atoms with Crippen LogP contribution in [-0.2, 0) is 26.6 Å². The summed E-state index contributed by atoms with van der Waals surface area (Å²) in [6.07, 6.45) is 6.73. The molecule has 0 atom stereocenters. The predicted octanol–water partition coefficient (Wildman–Crippen LogP) is 1.75. The standard InChI is InChI=1S/C14H23N5/c1-14(2,3)16-11-12-5-8-19(17-12)9-6-13-15-7-10-18(13)4/h5,7-8,10,16H,6,9,11H2,1-4H3. The molecule has 2 aromatic rings. The van der Waals surface area contributed by atoms with Crippen molar-refractivity contribution in [2.75, 3.05) is 0 Å². The molecular formula is C14H23N5. The van der Waals surface area contributed by atoms with Gasteiger partial charge in [-0.2, -0.15) is 5.10 Å². The van der Waals surface area contributed by atoms with Crippen LogP contribution in [0.1, 0.15) is 32.3 Å². The second-order valence-electron chi connectivity index (χ2n) is 5.88. The molecule has 0 aromatic carbocycles. The fourth-order valence-corrected chi connectivity index (χ4v) is 1.83. The van der Waals surface area contributed by atoms with Crippen LogP contribution in [0.15, 0.2) is 24.7 Å². The van der Waals surface area contributed by atoms with E-state index in [4.69, 9.17) is 0 Å². The van der Waals surface area contributed by atoms with E-state index in [1.165, 1.54) is 0 Å². The third-order valence-electron chi connectivity index (χ3n) is 2.98. The Hall–Kier alpha value is -1.62. The van der Waals surface area contributed by atoms with Gasteiger partial charge >= 0.3 is 0 Å². The van der Waals surface area contributed by atoms with Crippen molar-refractivity contribution in [3.63, 3.8) is 0 Å². The van der Waals surface area contributed by atoms with Crippen LogP contribution in [0.25, 0.3) is 0 Å². The van der Waals surface area contributed by atoms with E-state index in [-0.39, 0.29) is 5.54 Å². The Kier molecular flexibility index (Phi) is 4.04. The minimum absolute atomic E-state index is 0.122. The molecule has 2 aromatic heterocycles. The van der Waals surface area contributed by atoms with Gasteiger partial charge in [0.25, 0.3) is 0 Å². The van der Waals surface area contributed by atoms with Crippen molar-refractivity contribution in [2.45, 2.75) is 45.8 Å². The zero-order valence-electron chi connectivity index (χ0n) is 12.2. The fourth-order valence-electron chi connectivity index (χ4n) is 1.83. The van der Waals surface area contributed by atoms with Crippen molar-refractivity contribution < 1.29 is 0 Å². The highest BCUT2D eigenvalue weighted by molar-refractivity contribution is 5.00. The lowest BCUT2D eigenvalue weighted by atomic mass is 10.1. The first-order valence-electron chi connectivity index (χ1n) is 6.67. The van der Waals surface area contributed by atoms with E-state index in [0.717, 1.165) is 31.0 Å². The van der Waals surface area contributed by atoms with Crippen LogP contribution in [0.3, 0.4) is 0 Å². The zero-order valence-corrected chi connectivity index (χ0v) is 12.2. The lowest BCUT2D eigenvalue weighted by Crippen LogP contribution is -2.35. The monoisotopic (exact) mass is 261 g/mol. The number of nitrogens with zero attached hydrogens (tertiary/aromatic N) is 4. The van der Waals surface area contributed by atoms with Crippen molar-refractivity contribution in [1.29, 1.82) is 0 Å². The van der Waals surface area contributed by atoms with E-state index >= 15 is 0 Å². The lowest BCUT2D eigenvalue weighted by molar-refractivity contribution is 0.419. The maximum atomic E-state index is 4.56. The van der Waals surface area contributed by atoms with Gasteiger partial charge in [-0.3, -0.25) is 4.68 Å². The summed E-state index contributed by atoms with van der Waals surface area (Å²) in [6.45, 7) is 8.14. The molecule has 104 valence electrons. The molecule has 2 heterocycles. The Bertz CT molecular complexity index is 518. The highest BCUT2D eigenvalue weighted by atomic mass is 15.3. The first-order valence-corrected chi connectivity index (χ1v) is 6.67. The largest absolute Gasteiger partial charge is 0.338 e. The molecule has 0 aliphatic heterocycles. The molecule has 0 saturated heterocycles. The maximum Gasteiger partial charge on any atom is 0.110 e. The average Bonchev–Trinajstić information content (AvgIpc) is 2.92. The number of hydrogen-bond acceptors (Lipinski definition) is 3. The molecule has 0 aliphatic rings. The van der Waals surface area contributed by atoms with Gasteiger partial charge in [-0.25, -0.2) is 4.98 Å². The molecule has 0 aliphatic carbocycles. The van der Waals surface area contributed by atoms with E-state index in [1.807, 2.05) is 34.9 Å². The van der Waals surface area contributed by atoms with Crippen LogP contribution < -0.4 is 5.32 Å². The van der Waals surface area contributed by atoms with Crippen LogP contribution in [0, 0.1) is 0 Å². The Morgan fingerprint density at radius 3 is 2.68 bits per heavy atom. The van der Waals surface area contributed by atoms with E-state index in [9.17, 15) is 0 Å². The first-order chi connectivity index (χ1) is 8.94. The second kappa shape index (κ2) is 5.57. The summed E-state index contributed by atoms with van der Waals surface area (Å²) in [5, 5.41) is 8.00. The highest BCUT2D eigenvalue weighted by Crippen LogP contribution is 2.03. The first kappa shape index (κ1) is 13.8. The van der Waals surface area contributed by atoms with Crippen LogP contribution in [0.4, 0.5) is 0 Å². The molecule has 5 heteroatoms. The second-order valence-corrected chi connectivity index (χ2v) is 5.88. The Balaban J connectivity index is 1.86. The van der Waals surface area contributed by atoms with Crippen LogP contribution >= 0.6 is 0 Å². The molecule has 0 amide bonds. The third-order valence-corrected chi connectivity index (χ3v) is 2.98. The number of aryl methyl sites for hydroxylation is 3. The van der Waals surface area contributed by atoms with Crippen LogP contribution in [0.5, 0.6) is 0 Å². The summed E-state index contributed by atoms with van der Waals surface area (Å²) in [6, 6.07) is 2.07. The summed E-state index contributed by atoms with van der Waals surface area (Å²) in [5.41, 5.74) is 1.20. The average molecular weight is 261 g/mol. The van der Waals surface area contributed by atoms with Gasteiger partial charge in [0, 0.05) is 50.7 Å². The molecule has 2 rings (SSSR count). The van der Waals surface area contributed by atoms with E-state index < -0.39 is 0 Å². The number of nitrogens with one attached hydrogen (secondary N) is 1. The van der Waals surface area contributed by atoms with E-state index in [1.54, 1.807) is 0 Å². The van der Waals surface area contributed by atoms with Gasteiger partial charge in [0.15, 0.2) is 0 Å². The van der Waals surface area contributed by atoms with Gasteiger partial charge in [0.05, 0.1) is 5.69 Å². The molecule has 0 radical (unpaired) electrons. The highest BCUT2D eigenvalue weighted by Gasteiger charge is 2.09. The van der Waals surface area contributed by atoms with Gasteiger partial charge in [-0.1, -0.05) is 0 Å². The van der Waals surface area contributed by atoms with Crippen LogP contribution in [0.2, 0.25) is 0 Å². The van der Waals surface area contributed by atoms with Crippen LogP contribution in [-0.4, -0.2) is 24.9 Å². The summed E-state index contributed by atoms with van der Waals surface area (Å²) in [7, 11) is 2.02. The fraction of sp³-hybridized carbons (Fsp3) is 0.571. The molecular weight excluding hydrogens is 238 g/mol. The lowest BCUT2D eigenvalue weighted by Gasteiger charge is -2.19. The molecule has 1 N–H and O–H groups in total. The van der Waals surface area contributed by atoms with E-state index in [0.29, 0.717) is 0 Å². The molecule has 19 heavy (non-hydrogen) atoms. The Morgan fingerprint density at radius 2 is 2.05 bits per heavy atom. The minimum atomic E-state index is 0.122. The molecule has 0 fully saturated rings. The molecule has 5 nitrogen and oxygen atoms in total. The SMILES string of the molecule is Cn1ccnc1CCn1ccc(CNC(C)(C)C)n1. The summed E-state index contributed by atoms with van der Waals surface area (Å²) in [4.78, 5) is 4.32. The van der Waals surface area contributed by atoms with Gasteiger partial charge in [-0.15, -0.1) is 0 Å². The smallest absolute Gasteiger partial charge is 0.110 e. The quantitative estimate of drug-likeness (QED) is 0.892. The Morgan fingerprint density at radius 1 is 1.26 bits per heavy atom. The van der Waals surface area contributed by atoms with Crippen molar-refractivity contribution in [3.8, 4) is 0 Å². The summed E-state index contributed by atoms with van der Waals surface area (Å²) in [5.74, 6) is 1.09. The number of rotatable bonds is 5. The predicted molar refractivity (Wildman–Crippen MR) is 75.7 cm³/mol. The van der Waals surface area contributed by atoms with Gasteiger partial charge < -0.3 is 9.88 Å². The topological polar surface area (TPSA) is 47.7 Å². The minimum Gasteiger partial charge on any atom is -0.338 e.